The fourth-order valence-corrected chi connectivity index (χ4v) is 1.02. The minimum Gasteiger partial charge on any atom is -0.294 e. The molecule has 1 heteroatoms. The van der Waals surface area contributed by atoms with Gasteiger partial charge in [-0.1, -0.05) is 0 Å². The van der Waals surface area contributed by atoms with Crippen LogP contribution in [-0.4, -0.2) is 12.3 Å². The van der Waals surface area contributed by atoms with Crippen LogP contribution in [0.5, 0.6) is 0 Å². The van der Waals surface area contributed by atoms with E-state index in [-0.39, 0.29) is 0 Å². The number of terminal acetylenes is 1. The van der Waals surface area contributed by atoms with Gasteiger partial charge in [-0.25, -0.2) is 0 Å². The minimum atomic E-state index is 0.860. The van der Waals surface area contributed by atoms with Crippen LogP contribution in [0.25, 0.3) is 0 Å². The van der Waals surface area contributed by atoms with Gasteiger partial charge in [0.25, 0.3) is 0 Å². The summed E-state index contributed by atoms with van der Waals surface area (Å²) in [7, 11) is 0. The molecule has 0 amide bonds. The highest BCUT2D eigenvalue weighted by Crippen LogP contribution is 2.07. The molecule has 0 radical (unpaired) electrons. The first kappa shape index (κ1) is 6.35. The summed E-state index contributed by atoms with van der Waals surface area (Å²) in [5, 5.41) is 0. The van der Waals surface area contributed by atoms with E-state index in [0.717, 1.165) is 19.4 Å². The molecule has 1 aliphatic heterocycles. The molecule has 0 N–H and O–H groups in total. The van der Waals surface area contributed by atoms with Gasteiger partial charge in [0.1, 0.15) is 0 Å². The van der Waals surface area contributed by atoms with E-state index in [9.17, 15) is 0 Å². The third-order valence-corrected chi connectivity index (χ3v) is 1.52. The third-order valence-electron chi connectivity index (χ3n) is 1.52. The molecule has 0 saturated heterocycles. The maximum atomic E-state index is 5.10. The Morgan fingerprint density at radius 2 is 2.56 bits per heavy atom. The molecular weight excluding hydrogens is 110 g/mol. The van der Waals surface area contributed by atoms with E-state index < -0.39 is 0 Å². The normalized spacial score (nSPS) is 17.0. The van der Waals surface area contributed by atoms with Crippen molar-refractivity contribution in [2.45, 2.75) is 25.7 Å². The maximum Gasteiger partial charge on any atom is 0.0392 e. The van der Waals surface area contributed by atoms with Gasteiger partial charge in [-0.3, -0.25) is 4.99 Å². The monoisotopic (exact) mass is 121 g/mol. The Morgan fingerprint density at radius 1 is 1.67 bits per heavy atom. The highest BCUT2D eigenvalue weighted by Gasteiger charge is 2.03. The maximum absolute atomic E-state index is 5.10. The van der Waals surface area contributed by atoms with Crippen molar-refractivity contribution in [3.63, 3.8) is 0 Å². The molecule has 9 heavy (non-hydrogen) atoms. The van der Waals surface area contributed by atoms with Crippen LogP contribution in [0.15, 0.2) is 4.99 Å². The number of hydrogen-bond donors (Lipinski definition) is 0. The predicted molar refractivity (Wildman–Crippen MR) is 39.6 cm³/mol. The number of rotatable bonds is 2. The second-order valence-electron chi connectivity index (χ2n) is 2.26. The highest BCUT2D eigenvalue weighted by atomic mass is 14.8. The zero-order valence-electron chi connectivity index (χ0n) is 5.56. The summed E-state index contributed by atoms with van der Waals surface area (Å²) in [6.07, 6.45) is 9.40. The molecule has 1 rings (SSSR count). The zero-order valence-corrected chi connectivity index (χ0v) is 5.56. The third kappa shape index (κ3) is 1.89. The Morgan fingerprint density at radius 3 is 3.11 bits per heavy atom. The summed E-state index contributed by atoms with van der Waals surface area (Å²) >= 11 is 0. The van der Waals surface area contributed by atoms with Crippen molar-refractivity contribution in [1.29, 1.82) is 0 Å². The summed E-state index contributed by atoms with van der Waals surface area (Å²) in [4.78, 5) is 4.29. The Bertz CT molecular complexity index is 150. The van der Waals surface area contributed by atoms with Crippen LogP contribution in [0.3, 0.4) is 0 Å². The molecule has 1 nitrogen and oxygen atoms in total. The molecule has 48 valence electrons. The fraction of sp³-hybridized carbons (Fsp3) is 0.625. The van der Waals surface area contributed by atoms with Gasteiger partial charge in [0, 0.05) is 18.7 Å². The SMILES string of the molecule is C#CCCC1=NCCC1. The molecule has 0 saturated carbocycles. The lowest BCUT2D eigenvalue weighted by Gasteiger charge is -1.91. The molecular formula is C8H11N. The molecule has 0 aliphatic carbocycles. The van der Waals surface area contributed by atoms with Gasteiger partial charge >= 0.3 is 0 Å². The van der Waals surface area contributed by atoms with Crippen LogP contribution >= 0.6 is 0 Å². The molecule has 0 spiro atoms. The second kappa shape index (κ2) is 3.29. The topological polar surface area (TPSA) is 12.4 Å². The number of aliphatic imine (C=N–C) groups is 1. The van der Waals surface area contributed by atoms with E-state index in [1.54, 1.807) is 0 Å². The van der Waals surface area contributed by atoms with E-state index in [1.807, 2.05) is 0 Å². The summed E-state index contributed by atoms with van der Waals surface area (Å²) in [6, 6.07) is 0. The van der Waals surface area contributed by atoms with Crippen molar-refractivity contribution < 1.29 is 0 Å². The van der Waals surface area contributed by atoms with Crippen molar-refractivity contribution in [2.75, 3.05) is 6.54 Å². The van der Waals surface area contributed by atoms with E-state index in [0.29, 0.717) is 0 Å². The van der Waals surface area contributed by atoms with E-state index in [4.69, 9.17) is 6.42 Å². The Kier molecular flexibility index (Phi) is 2.32. The lowest BCUT2D eigenvalue weighted by atomic mass is 10.1. The van der Waals surface area contributed by atoms with Gasteiger partial charge in [0.15, 0.2) is 0 Å². The fourth-order valence-electron chi connectivity index (χ4n) is 1.02. The first-order valence-electron chi connectivity index (χ1n) is 3.39. The summed E-state index contributed by atoms with van der Waals surface area (Å²) in [6.45, 7) is 1.03. The zero-order chi connectivity index (χ0) is 6.53. The van der Waals surface area contributed by atoms with Gasteiger partial charge in [-0.15, -0.1) is 12.3 Å². The smallest absolute Gasteiger partial charge is 0.0392 e. The van der Waals surface area contributed by atoms with Crippen molar-refractivity contribution in [1.82, 2.24) is 0 Å². The van der Waals surface area contributed by atoms with E-state index in [1.165, 1.54) is 18.6 Å². The van der Waals surface area contributed by atoms with Gasteiger partial charge < -0.3 is 0 Å². The molecule has 0 atom stereocenters. The minimum absolute atomic E-state index is 0.860. The molecule has 0 aromatic heterocycles. The molecule has 1 heterocycles. The molecule has 0 aromatic carbocycles. The predicted octanol–water partition coefficient (Wildman–Crippen LogP) is 1.63. The van der Waals surface area contributed by atoms with Gasteiger partial charge in [-0.05, 0) is 19.3 Å². The average molecular weight is 121 g/mol. The first-order chi connectivity index (χ1) is 4.43. The van der Waals surface area contributed by atoms with Crippen LogP contribution in [0.1, 0.15) is 25.7 Å². The lowest BCUT2D eigenvalue weighted by molar-refractivity contribution is 0.946. The Balaban J connectivity index is 2.20. The van der Waals surface area contributed by atoms with Gasteiger partial charge in [0.2, 0.25) is 0 Å². The first-order valence-corrected chi connectivity index (χ1v) is 3.39. The average Bonchev–Trinajstić information content (AvgIpc) is 2.34. The van der Waals surface area contributed by atoms with Crippen LogP contribution in [0, 0.1) is 12.3 Å². The Hall–Kier alpha value is -0.770. The molecule has 1 aliphatic rings. The largest absolute Gasteiger partial charge is 0.294 e. The van der Waals surface area contributed by atoms with Crippen molar-refractivity contribution in [3.05, 3.63) is 0 Å². The van der Waals surface area contributed by atoms with E-state index >= 15 is 0 Å². The summed E-state index contributed by atoms with van der Waals surface area (Å²) < 4.78 is 0. The highest BCUT2D eigenvalue weighted by molar-refractivity contribution is 5.85. The van der Waals surface area contributed by atoms with Gasteiger partial charge in [0.05, 0.1) is 0 Å². The van der Waals surface area contributed by atoms with Crippen LogP contribution in [-0.2, 0) is 0 Å². The van der Waals surface area contributed by atoms with Crippen LogP contribution < -0.4 is 0 Å². The molecule has 0 fully saturated rings. The van der Waals surface area contributed by atoms with Crippen molar-refractivity contribution >= 4 is 5.71 Å². The molecule has 0 bridgehead atoms. The quantitative estimate of drug-likeness (QED) is 0.492. The number of nitrogens with zero attached hydrogens (tertiary/aromatic N) is 1. The summed E-state index contributed by atoms with van der Waals surface area (Å²) in [5.41, 5.74) is 1.33. The van der Waals surface area contributed by atoms with Crippen molar-refractivity contribution in [3.8, 4) is 12.3 Å². The van der Waals surface area contributed by atoms with Crippen LogP contribution in [0.2, 0.25) is 0 Å². The molecule has 0 unspecified atom stereocenters. The summed E-state index contributed by atoms with van der Waals surface area (Å²) in [5.74, 6) is 2.61. The second-order valence-corrected chi connectivity index (χ2v) is 2.26. The molecule has 0 aromatic rings. The standard InChI is InChI=1S/C8H11N/c1-2-3-5-8-6-4-7-9-8/h1H,3-7H2. The Labute approximate surface area is 56.2 Å². The lowest BCUT2D eigenvalue weighted by Crippen LogP contribution is -1.90. The van der Waals surface area contributed by atoms with Crippen LogP contribution in [0.4, 0.5) is 0 Å². The van der Waals surface area contributed by atoms with Gasteiger partial charge in [-0.2, -0.15) is 0 Å². The van der Waals surface area contributed by atoms with Crippen molar-refractivity contribution in [2.24, 2.45) is 4.99 Å². The van der Waals surface area contributed by atoms with E-state index in [2.05, 4.69) is 10.9 Å². The number of hydrogen-bond acceptors (Lipinski definition) is 1.